The molecule has 2 heterocycles. The first-order chi connectivity index (χ1) is 17.0. The van der Waals surface area contributed by atoms with E-state index in [0.717, 1.165) is 24.3 Å². The van der Waals surface area contributed by atoms with Crippen molar-refractivity contribution in [2.24, 2.45) is 0 Å². The molecule has 0 saturated carbocycles. The van der Waals surface area contributed by atoms with Crippen molar-refractivity contribution in [2.75, 3.05) is 5.32 Å². The quantitative estimate of drug-likeness (QED) is 0.305. The molecular formula is C24H13F6N5O. The van der Waals surface area contributed by atoms with Crippen LogP contribution in [0.3, 0.4) is 0 Å². The zero-order valence-corrected chi connectivity index (χ0v) is 17.9. The second-order valence-electron chi connectivity index (χ2n) is 7.22. The number of benzene rings is 2. The first-order valence-corrected chi connectivity index (χ1v) is 10.1. The molecule has 0 fully saturated rings. The molecule has 0 amide bonds. The average molecular weight is 501 g/mol. The van der Waals surface area contributed by atoms with Crippen LogP contribution in [0.2, 0.25) is 0 Å². The van der Waals surface area contributed by atoms with Gasteiger partial charge in [-0.1, -0.05) is 18.2 Å². The topological polar surface area (TPSA) is 83.7 Å². The second kappa shape index (κ2) is 9.53. The summed E-state index contributed by atoms with van der Waals surface area (Å²) in [6, 6.07) is 15.7. The Morgan fingerprint density at radius 2 is 1.61 bits per heavy atom. The highest BCUT2D eigenvalue weighted by atomic mass is 19.4. The van der Waals surface area contributed by atoms with E-state index in [9.17, 15) is 31.6 Å². The Morgan fingerprint density at radius 1 is 0.861 bits per heavy atom. The third kappa shape index (κ3) is 5.69. The van der Waals surface area contributed by atoms with E-state index < -0.39 is 23.9 Å². The van der Waals surface area contributed by atoms with Crippen molar-refractivity contribution in [2.45, 2.75) is 12.5 Å². The minimum Gasteiger partial charge on any atom is -0.406 e. The molecule has 36 heavy (non-hydrogen) atoms. The number of alkyl halides is 6. The monoisotopic (exact) mass is 501 g/mol. The standard InChI is InChI=1S/C24H13F6N5O/c25-23(26,27)15-5-3-4-14(12-15)20-18(13-31)21(35-22(34-20)19-6-1-2-11-32-19)33-16-7-9-17(10-8-16)36-24(28,29)30/h1-12H,(H,33,34,35). The summed E-state index contributed by atoms with van der Waals surface area (Å²) >= 11 is 0. The molecule has 0 saturated heterocycles. The first kappa shape index (κ1) is 24.5. The van der Waals surface area contributed by atoms with Gasteiger partial charge in [0.2, 0.25) is 0 Å². The van der Waals surface area contributed by atoms with Crippen LogP contribution in [-0.2, 0) is 6.18 Å². The fourth-order valence-corrected chi connectivity index (χ4v) is 3.20. The maximum atomic E-state index is 13.3. The number of nitrogens with one attached hydrogen (secondary N) is 1. The van der Waals surface area contributed by atoms with Crippen molar-refractivity contribution in [3.63, 3.8) is 0 Å². The van der Waals surface area contributed by atoms with E-state index in [1.807, 2.05) is 6.07 Å². The molecule has 0 aliphatic rings. The highest BCUT2D eigenvalue weighted by molar-refractivity contribution is 5.78. The summed E-state index contributed by atoms with van der Waals surface area (Å²) in [6.45, 7) is 0. The summed E-state index contributed by atoms with van der Waals surface area (Å²) < 4.78 is 81.1. The Morgan fingerprint density at radius 3 is 2.22 bits per heavy atom. The van der Waals surface area contributed by atoms with Gasteiger partial charge in [0, 0.05) is 17.4 Å². The SMILES string of the molecule is N#Cc1c(Nc2ccc(OC(F)(F)F)cc2)nc(-c2ccccn2)nc1-c1cccc(C(F)(F)F)c1. The lowest BCUT2D eigenvalue weighted by Crippen LogP contribution is -2.17. The fraction of sp³-hybridized carbons (Fsp3) is 0.0833. The van der Waals surface area contributed by atoms with Crippen molar-refractivity contribution in [1.29, 1.82) is 5.26 Å². The Kier molecular flexibility index (Phi) is 6.48. The summed E-state index contributed by atoms with van der Waals surface area (Å²) in [4.78, 5) is 12.8. The molecule has 0 spiro atoms. The molecule has 0 aliphatic carbocycles. The molecule has 6 nitrogen and oxygen atoms in total. The molecule has 12 heteroatoms. The van der Waals surface area contributed by atoms with Crippen LogP contribution in [-0.4, -0.2) is 21.3 Å². The van der Waals surface area contributed by atoms with E-state index in [4.69, 9.17) is 0 Å². The van der Waals surface area contributed by atoms with Crippen molar-refractivity contribution in [3.8, 4) is 34.6 Å². The van der Waals surface area contributed by atoms with E-state index >= 15 is 0 Å². The Hall–Kier alpha value is -4.66. The number of hydrogen-bond donors (Lipinski definition) is 1. The molecule has 1 N–H and O–H groups in total. The highest BCUT2D eigenvalue weighted by Gasteiger charge is 2.32. The normalized spacial score (nSPS) is 11.6. The van der Waals surface area contributed by atoms with E-state index in [1.54, 1.807) is 18.2 Å². The molecule has 0 aliphatic heterocycles. The van der Waals surface area contributed by atoms with E-state index in [-0.39, 0.29) is 39.8 Å². The summed E-state index contributed by atoms with van der Waals surface area (Å²) in [5, 5.41) is 12.7. The van der Waals surface area contributed by atoms with Crippen LogP contribution in [0.5, 0.6) is 5.75 Å². The minimum atomic E-state index is -4.87. The third-order valence-corrected chi connectivity index (χ3v) is 4.73. The first-order valence-electron chi connectivity index (χ1n) is 10.1. The lowest BCUT2D eigenvalue weighted by molar-refractivity contribution is -0.274. The Balaban J connectivity index is 1.82. The predicted molar refractivity (Wildman–Crippen MR) is 117 cm³/mol. The predicted octanol–water partition coefficient (Wildman–Crippen LogP) is 6.74. The Labute approximate surface area is 199 Å². The summed E-state index contributed by atoms with van der Waals surface area (Å²) in [5.74, 6) is -0.526. The second-order valence-corrected chi connectivity index (χ2v) is 7.22. The molecule has 0 radical (unpaired) electrons. The van der Waals surface area contributed by atoms with Gasteiger partial charge in [0.1, 0.15) is 23.1 Å². The van der Waals surface area contributed by atoms with Gasteiger partial charge in [0.25, 0.3) is 0 Å². The van der Waals surface area contributed by atoms with Crippen LogP contribution in [0.25, 0.3) is 22.8 Å². The van der Waals surface area contributed by atoms with Gasteiger partial charge in [0.05, 0.1) is 11.3 Å². The average Bonchev–Trinajstić information content (AvgIpc) is 2.84. The smallest absolute Gasteiger partial charge is 0.406 e. The number of anilines is 2. The van der Waals surface area contributed by atoms with Crippen LogP contribution in [0.15, 0.2) is 72.9 Å². The van der Waals surface area contributed by atoms with Gasteiger partial charge in [-0.05, 0) is 48.5 Å². The zero-order chi connectivity index (χ0) is 25.9. The highest BCUT2D eigenvalue weighted by Crippen LogP contribution is 2.35. The zero-order valence-electron chi connectivity index (χ0n) is 17.9. The Bertz CT molecular complexity index is 1410. The largest absolute Gasteiger partial charge is 0.573 e. The third-order valence-electron chi connectivity index (χ3n) is 4.73. The van der Waals surface area contributed by atoms with Gasteiger partial charge >= 0.3 is 12.5 Å². The van der Waals surface area contributed by atoms with E-state index in [0.29, 0.717) is 0 Å². The minimum absolute atomic E-state index is 0.0120. The van der Waals surface area contributed by atoms with Crippen molar-refractivity contribution in [1.82, 2.24) is 15.0 Å². The van der Waals surface area contributed by atoms with Gasteiger partial charge in [-0.3, -0.25) is 4.98 Å². The molecule has 2 aromatic carbocycles. The summed E-state index contributed by atoms with van der Waals surface area (Å²) in [6.07, 6.45) is -8.03. The molecule has 182 valence electrons. The van der Waals surface area contributed by atoms with Crippen LogP contribution in [0.4, 0.5) is 37.8 Å². The molecule has 0 atom stereocenters. The number of hydrogen-bond acceptors (Lipinski definition) is 6. The van der Waals surface area contributed by atoms with Crippen LogP contribution in [0, 0.1) is 11.3 Å². The molecular weight excluding hydrogens is 488 g/mol. The fourth-order valence-electron chi connectivity index (χ4n) is 3.20. The maximum Gasteiger partial charge on any atom is 0.573 e. The molecule has 0 bridgehead atoms. The number of aromatic nitrogens is 3. The number of nitrogens with zero attached hydrogens (tertiary/aromatic N) is 4. The summed E-state index contributed by atoms with van der Waals surface area (Å²) in [5.41, 5.74) is -0.660. The van der Waals surface area contributed by atoms with Crippen LogP contribution in [0.1, 0.15) is 11.1 Å². The van der Waals surface area contributed by atoms with Crippen molar-refractivity contribution >= 4 is 11.5 Å². The number of pyridine rings is 1. The van der Waals surface area contributed by atoms with Gasteiger partial charge in [-0.25, -0.2) is 9.97 Å². The molecule has 0 unspecified atom stereocenters. The summed E-state index contributed by atoms with van der Waals surface area (Å²) in [7, 11) is 0. The van der Waals surface area contributed by atoms with Gasteiger partial charge in [-0.2, -0.15) is 18.4 Å². The molecule has 4 aromatic rings. The van der Waals surface area contributed by atoms with Crippen molar-refractivity contribution < 1.29 is 31.1 Å². The molecule has 2 aromatic heterocycles. The van der Waals surface area contributed by atoms with Crippen molar-refractivity contribution in [3.05, 3.63) is 84.1 Å². The molecule has 4 rings (SSSR count). The van der Waals surface area contributed by atoms with E-state index in [2.05, 4.69) is 25.0 Å². The maximum absolute atomic E-state index is 13.3. The lowest BCUT2D eigenvalue weighted by atomic mass is 10.0. The lowest BCUT2D eigenvalue weighted by Gasteiger charge is -2.15. The number of nitriles is 1. The van der Waals surface area contributed by atoms with Crippen LogP contribution < -0.4 is 10.1 Å². The van der Waals surface area contributed by atoms with Crippen LogP contribution >= 0.6 is 0 Å². The van der Waals surface area contributed by atoms with Gasteiger partial charge in [0.15, 0.2) is 11.6 Å². The number of ether oxygens (including phenoxy) is 1. The number of rotatable bonds is 5. The number of halogens is 6. The van der Waals surface area contributed by atoms with Gasteiger partial charge < -0.3 is 10.1 Å². The van der Waals surface area contributed by atoms with E-state index in [1.165, 1.54) is 30.5 Å². The van der Waals surface area contributed by atoms with Gasteiger partial charge in [-0.15, -0.1) is 13.2 Å².